The smallest absolute Gasteiger partial charge is 0.334 e. The van der Waals surface area contributed by atoms with Gasteiger partial charge in [0.05, 0.1) is 0 Å². The summed E-state index contributed by atoms with van der Waals surface area (Å²) in [7, 11) is 0.133. The summed E-state index contributed by atoms with van der Waals surface area (Å²) in [5.41, 5.74) is 2.41. The molecule has 0 bridgehead atoms. The molecule has 0 atom stereocenters. The van der Waals surface area contributed by atoms with Crippen LogP contribution in [0.15, 0.2) is 0 Å². The maximum atomic E-state index is 5.70. The fraction of sp³-hybridized carbons (Fsp3) is 1.00. The van der Waals surface area contributed by atoms with Gasteiger partial charge >= 0.3 is 8.56 Å². The number of hydrogen-bond donors (Lipinski definition) is 0. The van der Waals surface area contributed by atoms with E-state index in [2.05, 4.69) is 52.7 Å². The van der Waals surface area contributed by atoms with Crippen LogP contribution in [0.3, 0.4) is 0 Å². The Labute approximate surface area is 172 Å². The highest BCUT2D eigenvalue weighted by Gasteiger charge is 2.49. The maximum Gasteiger partial charge on any atom is 0.334 e. The van der Waals surface area contributed by atoms with Gasteiger partial charge in [0.1, 0.15) is 8.24 Å². The molecule has 0 aromatic carbocycles. The van der Waals surface area contributed by atoms with Crippen LogP contribution < -0.4 is 0 Å². The van der Waals surface area contributed by atoms with E-state index in [1.807, 2.05) is 14.2 Å². The van der Waals surface area contributed by atoms with Crippen LogP contribution in [0.2, 0.25) is 29.2 Å². The van der Waals surface area contributed by atoms with Crippen LogP contribution in [0, 0.1) is 0 Å². The van der Waals surface area contributed by atoms with Gasteiger partial charge in [-0.25, -0.2) is 0 Å². The summed E-state index contributed by atoms with van der Waals surface area (Å²) in [4.78, 5) is 0. The van der Waals surface area contributed by atoms with Crippen molar-refractivity contribution < 1.29 is 8.85 Å². The van der Waals surface area contributed by atoms with E-state index in [1.165, 1.54) is 51.5 Å². The maximum absolute atomic E-state index is 5.70. The molecule has 0 spiro atoms. The minimum Gasteiger partial charge on any atom is -0.398 e. The zero-order valence-corrected chi connectivity index (χ0v) is 21.9. The van der Waals surface area contributed by atoms with E-state index in [0.29, 0.717) is 0 Å². The van der Waals surface area contributed by atoms with Gasteiger partial charge in [-0.3, -0.25) is 0 Å². The number of rotatable bonds is 12. The Morgan fingerprint density at radius 1 is 0.815 bits per heavy atom. The first-order chi connectivity index (χ1) is 12.7. The average Bonchev–Trinajstić information content (AvgIpc) is 2.63. The van der Waals surface area contributed by atoms with Gasteiger partial charge in [0.25, 0.3) is 0 Å². The Balaban J connectivity index is 2.98. The molecule has 0 aromatic rings. The van der Waals surface area contributed by atoms with Crippen LogP contribution in [0.5, 0.6) is 0 Å². The topological polar surface area (TPSA) is 21.7 Å². The second-order valence-corrected chi connectivity index (χ2v) is 19.2. The van der Waals surface area contributed by atoms with Gasteiger partial charge in [-0.15, -0.1) is 0 Å². The highest BCUT2D eigenvalue weighted by molar-refractivity contribution is 6.81. The minimum absolute atomic E-state index is 0.803. The van der Waals surface area contributed by atoms with E-state index < -0.39 is 16.8 Å². The van der Waals surface area contributed by atoms with Crippen molar-refractivity contribution in [3.05, 3.63) is 0 Å². The predicted molar refractivity (Wildman–Crippen MR) is 124 cm³/mol. The Kier molecular flexibility index (Phi) is 10.8. The van der Waals surface area contributed by atoms with Crippen LogP contribution in [0.1, 0.15) is 86.5 Å². The molecule has 0 unspecified atom stereocenters. The molecular formula is C22H49NO2Si2. The van der Waals surface area contributed by atoms with Gasteiger partial charge in [0.2, 0.25) is 0 Å². The second-order valence-electron chi connectivity index (χ2n) is 9.84. The molecule has 0 heterocycles. The quantitative estimate of drug-likeness (QED) is 0.254. The van der Waals surface area contributed by atoms with Gasteiger partial charge in [0, 0.05) is 20.3 Å². The summed E-state index contributed by atoms with van der Waals surface area (Å²) in [5.74, 6) is 0. The Bertz CT molecular complexity index is 383. The second kappa shape index (κ2) is 11.5. The highest BCUT2D eigenvalue weighted by atomic mass is 28.4. The molecule has 1 saturated carbocycles. The van der Waals surface area contributed by atoms with E-state index in [0.717, 1.165) is 28.7 Å². The minimum atomic E-state index is -1.93. The molecule has 0 N–H and O–H groups in total. The van der Waals surface area contributed by atoms with Crippen molar-refractivity contribution in [3.63, 3.8) is 0 Å². The summed E-state index contributed by atoms with van der Waals surface area (Å²) in [6, 6.07) is 1.93. The molecule has 1 rings (SSSR count). The lowest BCUT2D eigenvalue weighted by molar-refractivity contribution is 0.226. The molecule has 0 amide bonds. The molecule has 3 nitrogen and oxygen atoms in total. The fourth-order valence-corrected chi connectivity index (χ4v) is 15.0. The molecule has 27 heavy (non-hydrogen) atoms. The van der Waals surface area contributed by atoms with Crippen molar-refractivity contribution in [2.45, 2.75) is 122 Å². The van der Waals surface area contributed by atoms with Crippen molar-refractivity contribution in [3.8, 4) is 0 Å². The molecular weight excluding hydrogens is 366 g/mol. The summed E-state index contributed by atoms with van der Waals surface area (Å²) in [6.45, 7) is 18.6. The van der Waals surface area contributed by atoms with Gasteiger partial charge < -0.3 is 13.4 Å². The standard InChI is InChI=1S/C22H49NO2Si2/c1-19(2)27(20(3)4,21(5)6)23(22-15-11-10-12-16-22)17-13-14-18-26(9,24-7)25-8/h19-22H,10-18H2,1-9H3. The Morgan fingerprint density at radius 2 is 1.30 bits per heavy atom. The van der Waals surface area contributed by atoms with Crippen molar-refractivity contribution >= 4 is 16.8 Å². The first-order valence-electron chi connectivity index (χ1n) is 11.5. The largest absolute Gasteiger partial charge is 0.398 e. The molecule has 1 aliphatic carbocycles. The number of nitrogens with zero attached hydrogens (tertiary/aromatic N) is 1. The zero-order chi connectivity index (χ0) is 20.7. The monoisotopic (exact) mass is 415 g/mol. The normalized spacial score (nSPS) is 17.7. The number of unbranched alkanes of at least 4 members (excludes halogenated alkanes) is 1. The summed E-state index contributed by atoms with van der Waals surface area (Å²) >= 11 is 0. The third-order valence-corrected chi connectivity index (χ3v) is 17.6. The summed E-state index contributed by atoms with van der Waals surface area (Å²) < 4.78 is 14.5. The van der Waals surface area contributed by atoms with E-state index in [1.54, 1.807) is 0 Å². The van der Waals surface area contributed by atoms with Crippen LogP contribution in [-0.2, 0) is 8.85 Å². The first kappa shape index (κ1) is 25.4. The summed E-state index contributed by atoms with van der Waals surface area (Å²) in [6.07, 6.45) is 9.65. The van der Waals surface area contributed by atoms with Crippen molar-refractivity contribution in [1.29, 1.82) is 0 Å². The number of hydrogen-bond acceptors (Lipinski definition) is 3. The molecule has 0 aromatic heterocycles. The molecule has 0 saturated heterocycles. The van der Waals surface area contributed by atoms with Crippen LogP contribution in [0.4, 0.5) is 0 Å². The Hall–Kier alpha value is 0.314. The molecule has 1 aliphatic rings. The first-order valence-corrected chi connectivity index (χ1v) is 16.2. The Morgan fingerprint density at radius 3 is 1.70 bits per heavy atom. The summed E-state index contributed by atoms with van der Waals surface area (Å²) in [5, 5.41) is 0. The lowest BCUT2D eigenvalue weighted by Crippen LogP contribution is -2.64. The van der Waals surface area contributed by atoms with Gasteiger partial charge in [-0.1, -0.05) is 67.2 Å². The van der Waals surface area contributed by atoms with Crippen molar-refractivity contribution in [2.24, 2.45) is 0 Å². The van der Waals surface area contributed by atoms with Gasteiger partial charge in [-0.05, 0) is 55.0 Å². The molecule has 0 aliphatic heterocycles. The highest BCUT2D eigenvalue weighted by Crippen LogP contribution is 2.46. The van der Waals surface area contributed by atoms with Crippen LogP contribution >= 0.6 is 0 Å². The molecule has 1 fully saturated rings. The zero-order valence-electron chi connectivity index (χ0n) is 19.9. The predicted octanol–water partition coefficient (Wildman–Crippen LogP) is 6.94. The molecule has 0 radical (unpaired) electrons. The van der Waals surface area contributed by atoms with Crippen molar-refractivity contribution in [1.82, 2.24) is 4.57 Å². The van der Waals surface area contributed by atoms with Crippen LogP contribution in [-0.4, -0.2) is 48.2 Å². The SMILES string of the molecule is CO[Si](C)(CCCCN(C1CCCCC1)[Si](C(C)C)(C(C)C)C(C)C)OC. The van der Waals surface area contributed by atoms with E-state index >= 15 is 0 Å². The third-order valence-electron chi connectivity index (χ3n) is 7.43. The van der Waals surface area contributed by atoms with E-state index in [9.17, 15) is 0 Å². The van der Waals surface area contributed by atoms with Gasteiger partial charge in [0.15, 0.2) is 0 Å². The van der Waals surface area contributed by atoms with Crippen LogP contribution in [0.25, 0.3) is 0 Å². The van der Waals surface area contributed by atoms with Crippen molar-refractivity contribution in [2.75, 3.05) is 20.8 Å². The van der Waals surface area contributed by atoms with E-state index in [4.69, 9.17) is 8.85 Å². The molecule has 5 heteroatoms. The van der Waals surface area contributed by atoms with Gasteiger partial charge in [-0.2, -0.15) is 0 Å². The lowest BCUT2D eigenvalue weighted by atomic mass is 9.95. The average molecular weight is 416 g/mol. The lowest BCUT2D eigenvalue weighted by Gasteiger charge is -2.55. The fourth-order valence-electron chi connectivity index (χ4n) is 6.10. The van der Waals surface area contributed by atoms with E-state index in [-0.39, 0.29) is 0 Å². The third kappa shape index (κ3) is 6.14. The molecule has 162 valence electrons.